The van der Waals surface area contributed by atoms with Crippen molar-refractivity contribution in [3.63, 3.8) is 0 Å². The topological polar surface area (TPSA) is 70.7 Å². The van der Waals surface area contributed by atoms with E-state index in [1.165, 1.54) is 6.07 Å². The van der Waals surface area contributed by atoms with Gasteiger partial charge in [-0.3, -0.25) is 9.79 Å². The van der Waals surface area contributed by atoms with Crippen molar-refractivity contribution in [1.82, 2.24) is 10.2 Å². The van der Waals surface area contributed by atoms with Crippen LogP contribution >= 0.6 is 15.9 Å². The number of nitrogens with zero attached hydrogens (tertiary/aromatic N) is 2. The molecule has 0 aliphatic carbocycles. The molecule has 1 aliphatic heterocycles. The largest absolute Gasteiger partial charge is 0.370 e. The Kier molecular flexibility index (Phi) is 7.68. The normalized spacial score (nSPS) is 18.3. The summed E-state index contributed by atoms with van der Waals surface area (Å²) in [5, 5.41) is 3.32. The molecule has 0 saturated carbocycles. The number of carbonyl (C=O) groups is 1. The van der Waals surface area contributed by atoms with Crippen LogP contribution in [0, 0.1) is 11.7 Å². The molecule has 1 aromatic rings. The van der Waals surface area contributed by atoms with Gasteiger partial charge in [-0.1, -0.05) is 6.07 Å². The smallest absolute Gasteiger partial charge is 0.217 e. The maximum atomic E-state index is 13.3. The van der Waals surface area contributed by atoms with E-state index in [1.54, 1.807) is 12.1 Å². The summed E-state index contributed by atoms with van der Waals surface area (Å²) < 4.78 is 13.8. The minimum atomic E-state index is -0.255. The lowest BCUT2D eigenvalue weighted by Crippen LogP contribution is -2.47. The summed E-state index contributed by atoms with van der Waals surface area (Å²) in [6, 6.07) is 5.04. The van der Waals surface area contributed by atoms with Gasteiger partial charge in [-0.25, -0.2) is 4.39 Å². The monoisotopic (exact) mass is 412 g/mol. The van der Waals surface area contributed by atoms with E-state index >= 15 is 0 Å². The summed E-state index contributed by atoms with van der Waals surface area (Å²) in [6.45, 7) is 5.19. The van der Waals surface area contributed by atoms with E-state index in [4.69, 9.17) is 10.7 Å². The molecule has 1 heterocycles. The summed E-state index contributed by atoms with van der Waals surface area (Å²) in [5.74, 6) is 0.672. The first-order valence-corrected chi connectivity index (χ1v) is 9.54. The quantitative estimate of drug-likeness (QED) is 0.557. The van der Waals surface area contributed by atoms with E-state index in [-0.39, 0.29) is 11.7 Å². The SMILES string of the molecule is CCNC(=NCCc1ccc(F)c(Br)c1)N1CCCC(CC(N)=O)C1. The number of rotatable bonds is 6. The summed E-state index contributed by atoms with van der Waals surface area (Å²) in [6.07, 6.45) is 3.24. The van der Waals surface area contributed by atoms with E-state index in [9.17, 15) is 9.18 Å². The molecule has 0 aromatic heterocycles. The van der Waals surface area contributed by atoms with Crippen molar-refractivity contribution in [3.05, 3.63) is 34.1 Å². The van der Waals surface area contributed by atoms with Crippen LogP contribution in [0.2, 0.25) is 0 Å². The number of nitrogens with two attached hydrogens (primary N) is 1. The Hall–Kier alpha value is -1.63. The van der Waals surface area contributed by atoms with Crippen LogP contribution < -0.4 is 11.1 Å². The van der Waals surface area contributed by atoms with E-state index < -0.39 is 0 Å². The third-order valence-corrected chi connectivity index (χ3v) is 4.90. The van der Waals surface area contributed by atoms with Gasteiger partial charge >= 0.3 is 0 Å². The fourth-order valence-corrected chi connectivity index (χ4v) is 3.55. The van der Waals surface area contributed by atoms with Crippen LogP contribution in [0.5, 0.6) is 0 Å². The standard InChI is InChI=1S/C18H26BrFN4O/c1-2-22-18(24-9-3-4-14(12-24)11-17(21)25)23-8-7-13-5-6-16(20)15(19)10-13/h5-6,10,14H,2-4,7-9,11-12H2,1H3,(H2,21,25)(H,22,23). The minimum Gasteiger partial charge on any atom is -0.370 e. The molecule has 1 unspecified atom stereocenters. The van der Waals surface area contributed by atoms with Crippen molar-refractivity contribution >= 4 is 27.8 Å². The average Bonchev–Trinajstić information content (AvgIpc) is 2.57. The Labute approximate surface area is 157 Å². The highest BCUT2D eigenvalue weighted by Gasteiger charge is 2.23. The first-order chi connectivity index (χ1) is 12.0. The first-order valence-electron chi connectivity index (χ1n) is 8.75. The van der Waals surface area contributed by atoms with E-state index in [0.717, 1.165) is 50.4 Å². The third-order valence-electron chi connectivity index (χ3n) is 4.29. The molecule has 1 atom stereocenters. The summed E-state index contributed by atoms with van der Waals surface area (Å²) in [5.41, 5.74) is 6.38. The first kappa shape index (κ1) is 19.7. The highest BCUT2D eigenvalue weighted by atomic mass is 79.9. The summed E-state index contributed by atoms with van der Waals surface area (Å²) in [7, 11) is 0. The summed E-state index contributed by atoms with van der Waals surface area (Å²) in [4.78, 5) is 18.1. The number of halogens is 2. The number of hydrogen-bond donors (Lipinski definition) is 2. The van der Waals surface area contributed by atoms with Gasteiger partial charge < -0.3 is 16.0 Å². The molecule has 1 saturated heterocycles. The van der Waals surface area contributed by atoms with Gasteiger partial charge in [0.05, 0.1) is 4.47 Å². The maximum Gasteiger partial charge on any atom is 0.217 e. The number of piperidine rings is 1. The van der Waals surface area contributed by atoms with Crippen LogP contribution in [0.25, 0.3) is 0 Å². The van der Waals surface area contributed by atoms with Crippen molar-refractivity contribution < 1.29 is 9.18 Å². The molecule has 0 bridgehead atoms. The lowest BCUT2D eigenvalue weighted by Gasteiger charge is -2.34. The number of aliphatic imine (C=N–C) groups is 1. The van der Waals surface area contributed by atoms with Gasteiger partial charge in [0.2, 0.25) is 5.91 Å². The van der Waals surface area contributed by atoms with Gasteiger partial charge in [0.25, 0.3) is 0 Å². The van der Waals surface area contributed by atoms with Crippen LogP contribution in [0.1, 0.15) is 31.7 Å². The van der Waals surface area contributed by atoms with Crippen LogP contribution in [-0.2, 0) is 11.2 Å². The maximum absolute atomic E-state index is 13.3. The predicted molar refractivity (Wildman–Crippen MR) is 102 cm³/mol. The van der Waals surface area contributed by atoms with Crippen LogP contribution in [0.4, 0.5) is 4.39 Å². The molecule has 25 heavy (non-hydrogen) atoms. The molecule has 5 nitrogen and oxygen atoms in total. The Morgan fingerprint density at radius 3 is 3.00 bits per heavy atom. The minimum absolute atomic E-state index is 0.240. The molecule has 1 aromatic carbocycles. The number of primary amides is 1. The average molecular weight is 413 g/mol. The molecular weight excluding hydrogens is 387 g/mol. The fourth-order valence-electron chi connectivity index (χ4n) is 3.12. The zero-order chi connectivity index (χ0) is 18.2. The van der Waals surface area contributed by atoms with Crippen LogP contribution in [0.15, 0.2) is 27.7 Å². The Bertz CT molecular complexity index is 623. The number of likely N-dealkylation sites (tertiary alicyclic amines) is 1. The van der Waals surface area contributed by atoms with Gasteiger partial charge in [-0.2, -0.15) is 0 Å². The zero-order valence-electron chi connectivity index (χ0n) is 14.6. The number of amides is 1. The molecule has 1 amide bonds. The fraction of sp³-hybridized carbons (Fsp3) is 0.556. The van der Waals surface area contributed by atoms with Gasteiger partial charge in [0, 0.05) is 32.6 Å². The summed E-state index contributed by atoms with van der Waals surface area (Å²) >= 11 is 3.21. The number of carbonyl (C=O) groups excluding carboxylic acids is 1. The molecule has 1 fully saturated rings. The lowest BCUT2D eigenvalue weighted by molar-refractivity contribution is -0.119. The third kappa shape index (κ3) is 6.30. The van der Waals surface area contributed by atoms with Crippen molar-refractivity contribution in [2.45, 2.75) is 32.6 Å². The molecule has 2 rings (SSSR count). The molecule has 7 heteroatoms. The number of benzene rings is 1. The number of nitrogens with one attached hydrogen (secondary N) is 1. The highest BCUT2D eigenvalue weighted by Crippen LogP contribution is 2.20. The zero-order valence-corrected chi connectivity index (χ0v) is 16.2. The second-order valence-corrected chi connectivity index (χ2v) is 7.21. The highest BCUT2D eigenvalue weighted by molar-refractivity contribution is 9.10. The number of guanidine groups is 1. The molecule has 0 spiro atoms. The van der Waals surface area contributed by atoms with Crippen molar-refractivity contribution in [3.8, 4) is 0 Å². The van der Waals surface area contributed by atoms with Gasteiger partial charge in [-0.05, 0) is 65.7 Å². The van der Waals surface area contributed by atoms with E-state index in [1.807, 2.05) is 6.92 Å². The Morgan fingerprint density at radius 2 is 2.32 bits per heavy atom. The van der Waals surface area contributed by atoms with E-state index in [0.29, 0.717) is 23.4 Å². The second-order valence-electron chi connectivity index (χ2n) is 6.36. The molecule has 138 valence electrons. The molecule has 3 N–H and O–H groups in total. The van der Waals surface area contributed by atoms with Crippen LogP contribution in [-0.4, -0.2) is 42.9 Å². The lowest BCUT2D eigenvalue weighted by atomic mass is 9.95. The Morgan fingerprint density at radius 1 is 1.52 bits per heavy atom. The Balaban J connectivity index is 1.97. The van der Waals surface area contributed by atoms with Gasteiger partial charge in [0.1, 0.15) is 5.82 Å². The molecule has 0 radical (unpaired) electrons. The predicted octanol–water partition coefficient (Wildman–Crippen LogP) is 2.68. The molecule has 1 aliphatic rings. The van der Waals surface area contributed by atoms with Crippen molar-refractivity contribution in [2.24, 2.45) is 16.6 Å². The van der Waals surface area contributed by atoms with Crippen molar-refractivity contribution in [2.75, 3.05) is 26.2 Å². The van der Waals surface area contributed by atoms with E-state index in [2.05, 4.69) is 26.1 Å². The molecular formula is C18H26BrFN4O. The van der Waals surface area contributed by atoms with Gasteiger partial charge in [-0.15, -0.1) is 0 Å². The van der Waals surface area contributed by atoms with Crippen molar-refractivity contribution in [1.29, 1.82) is 0 Å². The van der Waals surface area contributed by atoms with Crippen LogP contribution in [0.3, 0.4) is 0 Å². The van der Waals surface area contributed by atoms with Gasteiger partial charge in [0.15, 0.2) is 5.96 Å². The number of hydrogen-bond acceptors (Lipinski definition) is 2. The second kappa shape index (κ2) is 9.75.